The van der Waals surface area contributed by atoms with Crippen molar-refractivity contribution in [2.75, 3.05) is 25.9 Å². The molecule has 0 saturated carbocycles. The zero-order chi connectivity index (χ0) is 15.6. The largest absolute Gasteiger partial charge is 0.398 e. The number of nitrogen functional groups attached to an aromatic ring is 1. The summed E-state index contributed by atoms with van der Waals surface area (Å²) in [6.45, 7) is 0.575. The van der Waals surface area contributed by atoms with E-state index in [-0.39, 0.29) is 28.9 Å². The quantitative estimate of drug-likeness (QED) is 0.503. The minimum Gasteiger partial charge on any atom is -0.398 e. The van der Waals surface area contributed by atoms with E-state index in [2.05, 4.69) is 0 Å². The van der Waals surface area contributed by atoms with Crippen LogP contribution in [0.25, 0.3) is 0 Å². The van der Waals surface area contributed by atoms with Crippen molar-refractivity contribution in [1.82, 2.24) is 4.31 Å². The number of nitro groups is 1. The molecule has 1 fully saturated rings. The summed E-state index contributed by atoms with van der Waals surface area (Å²) in [6, 6.07) is 3.42. The number of piperidine rings is 1. The van der Waals surface area contributed by atoms with E-state index in [1.807, 2.05) is 0 Å². The average molecular weight is 315 g/mol. The molecule has 0 aromatic heterocycles. The van der Waals surface area contributed by atoms with Gasteiger partial charge in [-0.1, -0.05) is 0 Å². The summed E-state index contributed by atoms with van der Waals surface area (Å²) < 4.78 is 31.7. The first kappa shape index (κ1) is 15.7. The normalized spacial score (nSPS) is 20.3. The SMILES string of the molecule is COC1CCCN(S(=O)(=O)c2cc([N+](=O)[O-])ccc2N)C1. The van der Waals surface area contributed by atoms with E-state index >= 15 is 0 Å². The first-order valence-electron chi connectivity index (χ1n) is 6.43. The van der Waals surface area contributed by atoms with Crippen LogP contribution in [-0.2, 0) is 14.8 Å². The number of anilines is 1. The number of hydrogen-bond donors (Lipinski definition) is 1. The molecule has 8 nitrogen and oxygen atoms in total. The van der Waals surface area contributed by atoms with Crippen molar-refractivity contribution in [2.45, 2.75) is 23.8 Å². The van der Waals surface area contributed by atoms with E-state index in [9.17, 15) is 18.5 Å². The van der Waals surface area contributed by atoms with Crippen LogP contribution in [0.15, 0.2) is 23.1 Å². The second kappa shape index (κ2) is 5.96. The number of nitrogens with two attached hydrogens (primary N) is 1. The maximum Gasteiger partial charge on any atom is 0.270 e. The Morgan fingerprint density at radius 1 is 1.48 bits per heavy atom. The van der Waals surface area contributed by atoms with Crippen LogP contribution in [0, 0.1) is 10.1 Å². The molecule has 2 rings (SSSR count). The van der Waals surface area contributed by atoms with Gasteiger partial charge in [-0.2, -0.15) is 4.31 Å². The van der Waals surface area contributed by atoms with E-state index < -0.39 is 14.9 Å². The van der Waals surface area contributed by atoms with Crippen molar-refractivity contribution in [3.05, 3.63) is 28.3 Å². The van der Waals surface area contributed by atoms with Crippen LogP contribution in [0.2, 0.25) is 0 Å². The molecule has 116 valence electrons. The molecule has 0 radical (unpaired) electrons. The van der Waals surface area contributed by atoms with Gasteiger partial charge < -0.3 is 10.5 Å². The summed E-state index contributed by atoms with van der Waals surface area (Å²) in [5.74, 6) is 0. The third kappa shape index (κ3) is 3.14. The number of benzene rings is 1. The molecule has 0 spiro atoms. The Labute approximate surface area is 122 Å². The third-order valence-electron chi connectivity index (χ3n) is 3.50. The lowest BCUT2D eigenvalue weighted by molar-refractivity contribution is -0.385. The molecule has 0 bridgehead atoms. The summed E-state index contributed by atoms with van der Waals surface area (Å²) in [6.07, 6.45) is 1.29. The highest BCUT2D eigenvalue weighted by Crippen LogP contribution is 2.28. The first-order valence-corrected chi connectivity index (χ1v) is 7.87. The van der Waals surface area contributed by atoms with Gasteiger partial charge in [-0.25, -0.2) is 8.42 Å². The molecule has 2 N–H and O–H groups in total. The van der Waals surface area contributed by atoms with Gasteiger partial charge in [0, 0.05) is 32.3 Å². The van der Waals surface area contributed by atoms with E-state index in [4.69, 9.17) is 10.5 Å². The molecule has 1 atom stereocenters. The fourth-order valence-corrected chi connectivity index (χ4v) is 3.96. The van der Waals surface area contributed by atoms with Gasteiger partial charge >= 0.3 is 0 Å². The van der Waals surface area contributed by atoms with Crippen molar-refractivity contribution >= 4 is 21.4 Å². The van der Waals surface area contributed by atoms with Gasteiger partial charge in [0.05, 0.1) is 16.7 Å². The Bertz CT molecular complexity index is 646. The summed E-state index contributed by atoms with van der Waals surface area (Å²) in [7, 11) is -2.34. The lowest BCUT2D eigenvalue weighted by Crippen LogP contribution is -2.43. The van der Waals surface area contributed by atoms with Crippen molar-refractivity contribution in [3.63, 3.8) is 0 Å². The number of rotatable bonds is 4. The number of methoxy groups -OCH3 is 1. The average Bonchev–Trinajstić information content (AvgIpc) is 2.47. The zero-order valence-corrected chi connectivity index (χ0v) is 12.4. The molecule has 9 heteroatoms. The van der Waals surface area contributed by atoms with E-state index in [0.29, 0.717) is 13.0 Å². The number of ether oxygens (including phenoxy) is 1. The van der Waals surface area contributed by atoms with Gasteiger partial charge in [0.1, 0.15) is 4.90 Å². The van der Waals surface area contributed by atoms with Crippen molar-refractivity contribution in [1.29, 1.82) is 0 Å². The molecule has 21 heavy (non-hydrogen) atoms. The third-order valence-corrected chi connectivity index (χ3v) is 5.42. The first-order chi connectivity index (χ1) is 9.86. The molecule has 1 aromatic carbocycles. The smallest absolute Gasteiger partial charge is 0.270 e. The Kier molecular flexibility index (Phi) is 4.45. The number of nitro benzene ring substituents is 1. The standard InChI is InChI=1S/C12H17N3O5S/c1-20-10-3-2-6-14(8-10)21(18,19)12-7-9(15(16)17)4-5-11(12)13/h4-5,7,10H,2-3,6,8,13H2,1H3. The van der Waals surface area contributed by atoms with Gasteiger partial charge in [-0.3, -0.25) is 10.1 Å². The number of hydrogen-bond acceptors (Lipinski definition) is 6. The van der Waals surface area contributed by atoms with Gasteiger partial charge in [-0.15, -0.1) is 0 Å². The molecule has 1 aromatic rings. The minimum atomic E-state index is -3.87. The summed E-state index contributed by atoms with van der Waals surface area (Å²) >= 11 is 0. The van der Waals surface area contributed by atoms with Crippen LogP contribution in [0.3, 0.4) is 0 Å². The highest BCUT2D eigenvalue weighted by molar-refractivity contribution is 7.89. The lowest BCUT2D eigenvalue weighted by atomic mass is 10.1. The Morgan fingerprint density at radius 3 is 2.81 bits per heavy atom. The number of nitrogens with zero attached hydrogens (tertiary/aromatic N) is 2. The van der Waals surface area contributed by atoms with Crippen LogP contribution in [0.4, 0.5) is 11.4 Å². The maximum atomic E-state index is 12.6. The van der Waals surface area contributed by atoms with E-state index in [1.165, 1.54) is 23.5 Å². The summed E-state index contributed by atoms with van der Waals surface area (Å²) in [5, 5.41) is 10.8. The fraction of sp³-hybridized carbons (Fsp3) is 0.500. The van der Waals surface area contributed by atoms with Crippen molar-refractivity contribution < 1.29 is 18.1 Å². The second-order valence-electron chi connectivity index (χ2n) is 4.84. The zero-order valence-electron chi connectivity index (χ0n) is 11.6. The topological polar surface area (TPSA) is 116 Å². The van der Waals surface area contributed by atoms with Gasteiger partial charge in [0.15, 0.2) is 0 Å². The van der Waals surface area contributed by atoms with Crippen LogP contribution in [0.5, 0.6) is 0 Å². The molecule has 0 aliphatic carbocycles. The van der Waals surface area contributed by atoms with Crippen LogP contribution in [-0.4, -0.2) is 43.9 Å². The van der Waals surface area contributed by atoms with Crippen molar-refractivity contribution in [2.24, 2.45) is 0 Å². The molecule has 1 aliphatic rings. The molecule has 0 amide bonds. The molecule has 1 saturated heterocycles. The summed E-state index contributed by atoms with van der Waals surface area (Å²) in [5.41, 5.74) is 5.39. The predicted molar refractivity (Wildman–Crippen MR) is 76.3 cm³/mol. The highest BCUT2D eigenvalue weighted by atomic mass is 32.2. The van der Waals surface area contributed by atoms with Crippen LogP contribution < -0.4 is 5.73 Å². The number of non-ortho nitro benzene ring substituents is 1. The monoisotopic (exact) mass is 315 g/mol. The molecule has 1 heterocycles. The number of sulfonamides is 1. The van der Waals surface area contributed by atoms with Crippen LogP contribution in [0.1, 0.15) is 12.8 Å². The van der Waals surface area contributed by atoms with Gasteiger partial charge in [0.25, 0.3) is 5.69 Å². The lowest BCUT2D eigenvalue weighted by Gasteiger charge is -2.31. The fourth-order valence-electron chi connectivity index (χ4n) is 2.31. The van der Waals surface area contributed by atoms with Crippen molar-refractivity contribution in [3.8, 4) is 0 Å². The van der Waals surface area contributed by atoms with Gasteiger partial charge in [-0.05, 0) is 18.9 Å². The molecular formula is C12H17N3O5S. The second-order valence-corrected chi connectivity index (χ2v) is 6.75. The molecule has 1 aliphatic heterocycles. The van der Waals surface area contributed by atoms with Gasteiger partial charge in [0.2, 0.25) is 10.0 Å². The molecule has 1 unspecified atom stereocenters. The molecular weight excluding hydrogens is 298 g/mol. The van der Waals surface area contributed by atoms with E-state index in [0.717, 1.165) is 12.5 Å². The Morgan fingerprint density at radius 2 is 2.19 bits per heavy atom. The van der Waals surface area contributed by atoms with Crippen LogP contribution >= 0.6 is 0 Å². The Balaban J connectivity index is 2.39. The minimum absolute atomic E-state index is 0.000130. The predicted octanol–water partition coefficient (Wildman–Crippen LogP) is 0.976. The summed E-state index contributed by atoms with van der Waals surface area (Å²) in [4.78, 5) is 9.93. The Hall–Kier alpha value is -1.71. The highest BCUT2D eigenvalue weighted by Gasteiger charge is 2.32. The van der Waals surface area contributed by atoms with E-state index in [1.54, 1.807) is 0 Å². The maximum absolute atomic E-state index is 12.6.